The molecule has 0 spiro atoms. The molecule has 29 heavy (non-hydrogen) atoms. The maximum atomic E-state index is 12.8. The lowest BCUT2D eigenvalue weighted by atomic mass is 10.2. The number of rotatable bonds is 5. The lowest BCUT2D eigenvalue weighted by Crippen LogP contribution is -2.18. The topological polar surface area (TPSA) is 56.1 Å². The van der Waals surface area contributed by atoms with Crippen LogP contribution in [0.1, 0.15) is 24.6 Å². The minimum Gasteiger partial charge on any atom is -0.406 e. The molecule has 0 bridgehead atoms. The van der Waals surface area contributed by atoms with E-state index in [0.717, 1.165) is 24.2 Å². The first-order valence-electron chi connectivity index (χ1n) is 8.77. The van der Waals surface area contributed by atoms with E-state index in [1.807, 2.05) is 6.92 Å². The normalized spacial score (nSPS) is 11.3. The molecule has 0 radical (unpaired) electrons. The van der Waals surface area contributed by atoms with Crippen molar-refractivity contribution in [2.45, 2.75) is 25.9 Å². The number of nitrogens with zero attached hydrogens (tertiary/aromatic N) is 2. The second kappa shape index (κ2) is 8.57. The molecule has 1 amide bonds. The van der Waals surface area contributed by atoms with Crippen molar-refractivity contribution in [3.05, 3.63) is 71.0 Å². The molecule has 5 nitrogen and oxygen atoms in total. The van der Waals surface area contributed by atoms with Crippen LogP contribution in [-0.4, -0.2) is 15.9 Å². The SMILES string of the molecule is CCCc1c(OC(=O)Nc2cccc(C(F)(F)F)c2)cnn1-c1ccc(Cl)cc1. The van der Waals surface area contributed by atoms with Crippen molar-refractivity contribution in [3.63, 3.8) is 0 Å². The van der Waals surface area contributed by atoms with E-state index in [9.17, 15) is 18.0 Å². The summed E-state index contributed by atoms with van der Waals surface area (Å²) < 4.78 is 45.4. The van der Waals surface area contributed by atoms with Crippen LogP contribution in [0.5, 0.6) is 5.75 Å². The molecule has 0 saturated carbocycles. The van der Waals surface area contributed by atoms with Gasteiger partial charge in [0.05, 0.1) is 23.1 Å². The van der Waals surface area contributed by atoms with Crippen LogP contribution in [0.3, 0.4) is 0 Å². The number of ether oxygens (including phenoxy) is 1. The zero-order valence-corrected chi connectivity index (χ0v) is 16.1. The highest BCUT2D eigenvalue weighted by Gasteiger charge is 2.30. The van der Waals surface area contributed by atoms with Gasteiger partial charge < -0.3 is 4.74 Å². The van der Waals surface area contributed by atoms with Crippen LogP contribution in [0.15, 0.2) is 54.7 Å². The number of alkyl halides is 3. The Labute approximate surface area is 170 Å². The Morgan fingerprint density at radius 3 is 2.59 bits per heavy atom. The van der Waals surface area contributed by atoms with Crippen molar-refractivity contribution in [3.8, 4) is 11.4 Å². The summed E-state index contributed by atoms with van der Waals surface area (Å²) in [5.74, 6) is 0.228. The summed E-state index contributed by atoms with van der Waals surface area (Å²) in [5, 5.41) is 7.15. The fourth-order valence-corrected chi connectivity index (χ4v) is 2.86. The quantitative estimate of drug-likeness (QED) is 0.538. The lowest BCUT2D eigenvalue weighted by Gasteiger charge is -2.11. The summed E-state index contributed by atoms with van der Waals surface area (Å²) in [7, 11) is 0. The van der Waals surface area contributed by atoms with Crippen LogP contribution in [0.2, 0.25) is 5.02 Å². The number of carbonyl (C=O) groups excluding carboxylic acids is 1. The molecule has 152 valence electrons. The van der Waals surface area contributed by atoms with E-state index < -0.39 is 17.8 Å². The van der Waals surface area contributed by atoms with E-state index >= 15 is 0 Å². The number of amides is 1. The second-order valence-electron chi connectivity index (χ2n) is 6.19. The van der Waals surface area contributed by atoms with E-state index in [1.165, 1.54) is 18.3 Å². The third-order valence-corrected chi connectivity index (χ3v) is 4.28. The highest BCUT2D eigenvalue weighted by Crippen LogP contribution is 2.31. The molecule has 0 fully saturated rings. The fourth-order valence-electron chi connectivity index (χ4n) is 2.73. The molecule has 0 aliphatic rings. The van der Waals surface area contributed by atoms with Crippen molar-refractivity contribution >= 4 is 23.4 Å². The molecule has 3 rings (SSSR count). The molecule has 0 aliphatic carbocycles. The Bertz CT molecular complexity index is 1000. The fraction of sp³-hybridized carbons (Fsp3) is 0.200. The molecule has 0 aliphatic heterocycles. The van der Waals surface area contributed by atoms with Gasteiger partial charge in [-0.1, -0.05) is 31.0 Å². The minimum atomic E-state index is -4.50. The number of nitrogens with one attached hydrogen (secondary N) is 1. The third kappa shape index (κ3) is 5.08. The molecular formula is C20H17ClF3N3O2. The van der Waals surface area contributed by atoms with Gasteiger partial charge in [-0.3, -0.25) is 5.32 Å². The predicted octanol–water partition coefficient (Wildman–Crippen LogP) is 6.11. The molecule has 1 N–H and O–H groups in total. The summed E-state index contributed by atoms with van der Waals surface area (Å²) in [6.45, 7) is 1.96. The standard InChI is InChI=1S/C20H17ClF3N3O2/c1-2-4-17-18(12-25-27(17)16-9-7-14(21)8-10-16)29-19(28)26-15-6-3-5-13(11-15)20(22,23)24/h3,5-12H,2,4H2,1H3,(H,26,28). The maximum Gasteiger partial charge on any atom is 0.417 e. The first-order chi connectivity index (χ1) is 13.8. The summed E-state index contributed by atoms with van der Waals surface area (Å²) in [6, 6.07) is 11.3. The lowest BCUT2D eigenvalue weighted by molar-refractivity contribution is -0.137. The Balaban J connectivity index is 1.79. The van der Waals surface area contributed by atoms with E-state index in [1.54, 1.807) is 28.9 Å². The van der Waals surface area contributed by atoms with Gasteiger partial charge in [0, 0.05) is 10.7 Å². The van der Waals surface area contributed by atoms with Crippen LogP contribution < -0.4 is 10.1 Å². The monoisotopic (exact) mass is 423 g/mol. The zero-order chi connectivity index (χ0) is 21.0. The number of aromatic nitrogens is 2. The van der Waals surface area contributed by atoms with E-state index in [4.69, 9.17) is 16.3 Å². The largest absolute Gasteiger partial charge is 0.417 e. The van der Waals surface area contributed by atoms with Gasteiger partial charge in [-0.05, 0) is 48.9 Å². The van der Waals surface area contributed by atoms with Gasteiger partial charge in [0.1, 0.15) is 0 Å². The van der Waals surface area contributed by atoms with Crippen molar-refractivity contribution < 1.29 is 22.7 Å². The van der Waals surface area contributed by atoms with Crippen LogP contribution in [0, 0.1) is 0 Å². The van der Waals surface area contributed by atoms with E-state index in [2.05, 4.69) is 10.4 Å². The smallest absolute Gasteiger partial charge is 0.406 e. The van der Waals surface area contributed by atoms with E-state index in [0.29, 0.717) is 17.1 Å². The van der Waals surface area contributed by atoms with Gasteiger partial charge in [-0.2, -0.15) is 18.3 Å². The van der Waals surface area contributed by atoms with Gasteiger partial charge in [-0.25, -0.2) is 9.48 Å². The average molecular weight is 424 g/mol. The average Bonchev–Trinajstić information content (AvgIpc) is 3.04. The molecule has 0 unspecified atom stereocenters. The van der Waals surface area contributed by atoms with Crippen molar-refractivity contribution in [2.75, 3.05) is 5.32 Å². The van der Waals surface area contributed by atoms with E-state index in [-0.39, 0.29) is 11.4 Å². The zero-order valence-electron chi connectivity index (χ0n) is 15.3. The maximum absolute atomic E-state index is 12.8. The van der Waals surface area contributed by atoms with Crippen molar-refractivity contribution in [1.29, 1.82) is 0 Å². The van der Waals surface area contributed by atoms with Gasteiger partial charge in [0.2, 0.25) is 0 Å². The highest BCUT2D eigenvalue weighted by atomic mass is 35.5. The van der Waals surface area contributed by atoms with Gasteiger partial charge in [0.25, 0.3) is 0 Å². The number of hydrogen-bond acceptors (Lipinski definition) is 3. The molecule has 1 aromatic heterocycles. The molecular weight excluding hydrogens is 407 g/mol. The summed E-state index contributed by atoms with van der Waals surface area (Å²) in [5.41, 5.74) is 0.518. The van der Waals surface area contributed by atoms with Gasteiger partial charge in [-0.15, -0.1) is 0 Å². The third-order valence-electron chi connectivity index (χ3n) is 4.03. The highest BCUT2D eigenvalue weighted by molar-refractivity contribution is 6.30. The molecule has 0 saturated heterocycles. The first kappa shape index (κ1) is 20.7. The van der Waals surface area contributed by atoms with Crippen LogP contribution in [0.25, 0.3) is 5.69 Å². The molecule has 1 heterocycles. The Morgan fingerprint density at radius 2 is 1.93 bits per heavy atom. The first-order valence-corrected chi connectivity index (χ1v) is 9.14. The Morgan fingerprint density at radius 1 is 1.21 bits per heavy atom. The van der Waals surface area contributed by atoms with Crippen LogP contribution in [0.4, 0.5) is 23.7 Å². The minimum absolute atomic E-state index is 0.0213. The summed E-state index contributed by atoms with van der Waals surface area (Å²) >= 11 is 5.91. The van der Waals surface area contributed by atoms with Gasteiger partial charge >= 0.3 is 12.3 Å². The number of benzene rings is 2. The Hall–Kier alpha value is -3.00. The summed E-state index contributed by atoms with van der Waals surface area (Å²) in [4.78, 5) is 12.2. The van der Waals surface area contributed by atoms with Crippen molar-refractivity contribution in [1.82, 2.24) is 9.78 Å². The number of carbonyl (C=O) groups is 1. The van der Waals surface area contributed by atoms with Crippen LogP contribution >= 0.6 is 11.6 Å². The molecule has 2 aromatic carbocycles. The number of anilines is 1. The number of halogens is 4. The summed E-state index contributed by atoms with van der Waals surface area (Å²) in [6.07, 6.45) is -2.67. The van der Waals surface area contributed by atoms with Gasteiger partial charge in [0.15, 0.2) is 5.75 Å². The second-order valence-corrected chi connectivity index (χ2v) is 6.62. The van der Waals surface area contributed by atoms with Crippen LogP contribution in [-0.2, 0) is 12.6 Å². The molecule has 3 aromatic rings. The molecule has 9 heteroatoms. The van der Waals surface area contributed by atoms with Crippen molar-refractivity contribution in [2.24, 2.45) is 0 Å². The Kier molecular flexibility index (Phi) is 6.12. The number of hydrogen-bond donors (Lipinski definition) is 1. The predicted molar refractivity (Wildman–Crippen MR) is 104 cm³/mol. The molecule has 0 atom stereocenters.